The van der Waals surface area contributed by atoms with E-state index in [-0.39, 0.29) is 18.1 Å². The molecule has 4 heterocycles. The minimum atomic E-state index is -0.159. The molecule has 2 unspecified atom stereocenters. The smallest absolute Gasteiger partial charge is 0.257 e. The number of ether oxygens (including phenoxy) is 1. The van der Waals surface area contributed by atoms with Crippen molar-refractivity contribution in [3.05, 3.63) is 65.7 Å². The molecule has 0 aromatic carbocycles. The lowest BCUT2D eigenvalue weighted by molar-refractivity contribution is -0.00545. The Morgan fingerprint density at radius 2 is 1.83 bits per heavy atom. The second kappa shape index (κ2) is 8.28. The van der Waals surface area contributed by atoms with E-state index in [0.717, 1.165) is 36.1 Å². The van der Waals surface area contributed by atoms with Crippen LogP contribution in [0.15, 0.2) is 48.8 Å². The van der Waals surface area contributed by atoms with Gasteiger partial charge >= 0.3 is 0 Å². The summed E-state index contributed by atoms with van der Waals surface area (Å²) in [4.78, 5) is 24.1. The Morgan fingerprint density at radius 3 is 2.47 bits per heavy atom. The summed E-state index contributed by atoms with van der Waals surface area (Å²) in [6, 6.07) is 11.5. The summed E-state index contributed by atoms with van der Waals surface area (Å²) in [7, 11) is 0. The van der Waals surface area contributed by atoms with Crippen molar-refractivity contribution in [2.45, 2.75) is 39.9 Å². The average molecular weight is 406 g/mol. The number of pyridine rings is 2. The van der Waals surface area contributed by atoms with Crippen LogP contribution in [0.25, 0.3) is 5.82 Å². The van der Waals surface area contributed by atoms with Crippen LogP contribution < -0.4 is 10.2 Å². The molecular weight excluding hydrogens is 378 g/mol. The van der Waals surface area contributed by atoms with Gasteiger partial charge in [0.05, 0.1) is 29.7 Å². The summed E-state index contributed by atoms with van der Waals surface area (Å²) in [6.45, 7) is 9.65. The number of aryl methyl sites for hydroxylation is 1. The number of hydrogen-bond donors (Lipinski definition) is 1. The number of morpholine rings is 1. The maximum absolute atomic E-state index is 12.9. The van der Waals surface area contributed by atoms with E-state index in [1.807, 2.05) is 54.8 Å². The molecule has 1 amide bonds. The van der Waals surface area contributed by atoms with Crippen molar-refractivity contribution in [1.82, 2.24) is 14.5 Å². The van der Waals surface area contributed by atoms with E-state index in [0.29, 0.717) is 11.3 Å². The standard InChI is InChI=1S/C23H27N5O2/c1-15-11-20(18(4)28(15)22-7-5-6-10-24-22)23(29)26-19-8-9-21(25-12-19)27-13-16(2)30-17(3)14-27/h5-12,16-17H,13-14H2,1-4H3,(H,26,29). The molecule has 0 aliphatic carbocycles. The molecule has 1 aliphatic heterocycles. The number of hydrogen-bond acceptors (Lipinski definition) is 5. The molecule has 7 nitrogen and oxygen atoms in total. The zero-order valence-electron chi connectivity index (χ0n) is 17.8. The molecule has 156 valence electrons. The Bertz CT molecular complexity index is 1020. The minimum absolute atomic E-state index is 0.159. The third-order valence-electron chi connectivity index (χ3n) is 5.30. The average Bonchev–Trinajstić information content (AvgIpc) is 3.02. The zero-order chi connectivity index (χ0) is 21.3. The van der Waals surface area contributed by atoms with Crippen molar-refractivity contribution in [3.8, 4) is 5.82 Å². The summed E-state index contributed by atoms with van der Waals surface area (Å²) in [6.07, 6.45) is 3.79. The van der Waals surface area contributed by atoms with E-state index < -0.39 is 0 Å². The van der Waals surface area contributed by atoms with Crippen molar-refractivity contribution in [2.24, 2.45) is 0 Å². The molecule has 1 saturated heterocycles. The fourth-order valence-electron chi connectivity index (χ4n) is 4.04. The largest absolute Gasteiger partial charge is 0.372 e. The first-order chi connectivity index (χ1) is 14.4. The molecule has 1 N–H and O–H groups in total. The van der Waals surface area contributed by atoms with Gasteiger partial charge in [-0.1, -0.05) is 6.07 Å². The summed E-state index contributed by atoms with van der Waals surface area (Å²) < 4.78 is 7.77. The van der Waals surface area contributed by atoms with Crippen LogP contribution >= 0.6 is 0 Å². The summed E-state index contributed by atoms with van der Waals surface area (Å²) in [5.74, 6) is 1.53. The highest BCUT2D eigenvalue weighted by Crippen LogP contribution is 2.22. The molecule has 2 atom stereocenters. The Labute approximate surface area is 176 Å². The van der Waals surface area contributed by atoms with Gasteiger partial charge in [-0.3, -0.25) is 4.79 Å². The number of aromatic nitrogens is 3. The minimum Gasteiger partial charge on any atom is -0.372 e. The molecule has 1 fully saturated rings. The quantitative estimate of drug-likeness (QED) is 0.716. The normalized spacial score (nSPS) is 19.0. The van der Waals surface area contributed by atoms with E-state index in [4.69, 9.17) is 4.74 Å². The zero-order valence-corrected chi connectivity index (χ0v) is 17.8. The number of anilines is 2. The second-order valence-electron chi connectivity index (χ2n) is 7.83. The predicted molar refractivity (Wildman–Crippen MR) is 117 cm³/mol. The summed E-state index contributed by atoms with van der Waals surface area (Å²) in [5.41, 5.74) is 3.10. The molecule has 0 saturated carbocycles. The van der Waals surface area contributed by atoms with Crippen LogP contribution in [0.2, 0.25) is 0 Å². The van der Waals surface area contributed by atoms with Crippen LogP contribution in [0.5, 0.6) is 0 Å². The third-order valence-corrected chi connectivity index (χ3v) is 5.30. The lowest BCUT2D eigenvalue weighted by Gasteiger charge is -2.36. The first-order valence-electron chi connectivity index (χ1n) is 10.2. The van der Waals surface area contributed by atoms with Crippen LogP contribution in [0.3, 0.4) is 0 Å². The maximum Gasteiger partial charge on any atom is 0.257 e. The highest BCUT2D eigenvalue weighted by Gasteiger charge is 2.23. The Morgan fingerprint density at radius 1 is 1.07 bits per heavy atom. The molecule has 0 bridgehead atoms. The number of nitrogens with zero attached hydrogens (tertiary/aromatic N) is 4. The molecule has 0 radical (unpaired) electrons. The second-order valence-corrected chi connectivity index (χ2v) is 7.83. The SMILES string of the molecule is Cc1cc(C(=O)Nc2ccc(N3CC(C)OC(C)C3)nc2)c(C)n1-c1ccccn1. The van der Waals surface area contributed by atoms with Gasteiger partial charge in [0.25, 0.3) is 5.91 Å². The lowest BCUT2D eigenvalue weighted by atomic mass is 10.2. The van der Waals surface area contributed by atoms with Crippen LogP contribution in [0, 0.1) is 13.8 Å². The molecule has 0 spiro atoms. The topological polar surface area (TPSA) is 72.3 Å². The fraction of sp³-hybridized carbons (Fsp3) is 0.348. The molecule has 7 heteroatoms. The first kappa shape index (κ1) is 20.1. The first-order valence-corrected chi connectivity index (χ1v) is 10.2. The Balaban J connectivity index is 1.49. The van der Waals surface area contributed by atoms with Crippen LogP contribution in [0.4, 0.5) is 11.5 Å². The van der Waals surface area contributed by atoms with E-state index in [9.17, 15) is 4.79 Å². The van der Waals surface area contributed by atoms with Gasteiger partial charge in [0, 0.05) is 30.7 Å². The monoisotopic (exact) mass is 405 g/mol. The summed E-state index contributed by atoms with van der Waals surface area (Å²) in [5, 5.41) is 2.96. The predicted octanol–water partition coefficient (Wildman–Crippen LogP) is 3.75. The fourth-order valence-corrected chi connectivity index (χ4v) is 4.04. The van der Waals surface area contributed by atoms with Crippen LogP contribution in [0.1, 0.15) is 35.6 Å². The van der Waals surface area contributed by atoms with Crippen molar-refractivity contribution in [2.75, 3.05) is 23.3 Å². The number of rotatable bonds is 4. The summed E-state index contributed by atoms with van der Waals surface area (Å²) >= 11 is 0. The molecule has 3 aromatic heterocycles. The third kappa shape index (κ3) is 4.07. The van der Waals surface area contributed by atoms with Gasteiger partial charge < -0.3 is 19.5 Å². The van der Waals surface area contributed by atoms with Crippen LogP contribution in [-0.4, -0.2) is 45.7 Å². The maximum atomic E-state index is 12.9. The Kier molecular flexibility index (Phi) is 5.55. The molecule has 1 aliphatic rings. The van der Waals surface area contributed by atoms with Crippen molar-refractivity contribution in [3.63, 3.8) is 0 Å². The van der Waals surface area contributed by atoms with Crippen molar-refractivity contribution >= 4 is 17.4 Å². The highest BCUT2D eigenvalue weighted by molar-refractivity contribution is 6.05. The van der Waals surface area contributed by atoms with E-state index in [1.54, 1.807) is 12.4 Å². The van der Waals surface area contributed by atoms with Gasteiger partial charge in [-0.2, -0.15) is 0 Å². The number of nitrogens with one attached hydrogen (secondary N) is 1. The van der Waals surface area contributed by atoms with Gasteiger partial charge in [0.15, 0.2) is 0 Å². The van der Waals surface area contributed by atoms with Crippen molar-refractivity contribution < 1.29 is 9.53 Å². The van der Waals surface area contributed by atoms with Gasteiger partial charge in [0.2, 0.25) is 0 Å². The highest BCUT2D eigenvalue weighted by atomic mass is 16.5. The number of carbonyl (C=O) groups is 1. The van der Waals surface area contributed by atoms with Gasteiger partial charge in [0.1, 0.15) is 11.6 Å². The molecular formula is C23H27N5O2. The van der Waals surface area contributed by atoms with Crippen molar-refractivity contribution in [1.29, 1.82) is 0 Å². The molecule has 3 aromatic rings. The number of amides is 1. The van der Waals surface area contributed by atoms with Gasteiger partial charge in [-0.25, -0.2) is 9.97 Å². The number of carbonyl (C=O) groups excluding carboxylic acids is 1. The molecule has 30 heavy (non-hydrogen) atoms. The van der Waals surface area contributed by atoms with Gasteiger partial charge in [-0.05, 0) is 58.0 Å². The lowest BCUT2D eigenvalue weighted by Crippen LogP contribution is -2.45. The van der Waals surface area contributed by atoms with E-state index in [2.05, 4.69) is 34.0 Å². The van der Waals surface area contributed by atoms with Gasteiger partial charge in [-0.15, -0.1) is 0 Å². The van der Waals surface area contributed by atoms with Crippen LogP contribution in [-0.2, 0) is 4.74 Å². The van der Waals surface area contributed by atoms with E-state index in [1.165, 1.54) is 0 Å². The van der Waals surface area contributed by atoms with E-state index >= 15 is 0 Å². The molecule has 4 rings (SSSR count). The Hall–Kier alpha value is -3.19.